The van der Waals surface area contributed by atoms with Crippen molar-refractivity contribution in [1.82, 2.24) is 10.3 Å². The van der Waals surface area contributed by atoms with Crippen molar-refractivity contribution in [1.29, 1.82) is 0 Å². The number of ether oxygens (including phenoxy) is 2. The number of nitrogens with zero attached hydrogens (tertiary/aromatic N) is 1. The van der Waals surface area contributed by atoms with E-state index in [1.165, 1.54) is 0 Å². The first-order valence-electron chi connectivity index (χ1n) is 6.52. The van der Waals surface area contributed by atoms with Crippen LogP contribution < -0.4 is 10.1 Å². The van der Waals surface area contributed by atoms with Gasteiger partial charge in [0.2, 0.25) is 0 Å². The van der Waals surface area contributed by atoms with Gasteiger partial charge in [-0.25, -0.2) is 0 Å². The average molecular weight is 264 g/mol. The van der Waals surface area contributed by atoms with Gasteiger partial charge >= 0.3 is 0 Å². The van der Waals surface area contributed by atoms with E-state index in [9.17, 15) is 4.79 Å². The molecule has 0 radical (unpaired) electrons. The standard InChI is InChI=1S/C14H20N2O3/c1-9(2)19-11-4-10(5-16-6-11)14(17)12-7-18-8-13(12)15-3/h4-6,9,12-13,15H,7-8H2,1-3H3. The lowest BCUT2D eigenvalue weighted by atomic mass is 9.94. The van der Waals surface area contributed by atoms with Crippen molar-refractivity contribution in [3.05, 3.63) is 24.0 Å². The lowest BCUT2D eigenvalue weighted by molar-refractivity contribution is 0.0891. The van der Waals surface area contributed by atoms with E-state index in [4.69, 9.17) is 9.47 Å². The molecule has 0 aromatic carbocycles. The summed E-state index contributed by atoms with van der Waals surface area (Å²) in [5.74, 6) is 0.528. The van der Waals surface area contributed by atoms with Crippen molar-refractivity contribution in [2.24, 2.45) is 5.92 Å². The predicted molar refractivity (Wildman–Crippen MR) is 71.5 cm³/mol. The first kappa shape index (κ1) is 14.0. The average Bonchev–Trinajstić information content (AvgIpc) is 2.85. The summed E-state index contributed by atoms with van der Waals surface area (Å²) in [5.41, 5.74) is 0.578. The molecular weight excluding hydrogens is 244 g/mol. The first-order valence-corrected chi connectivity index (χ1v) is 6.52. The SMILES string of the molecule is CNC1COCC1C(=O)c1cncc(OC(C)C)c1. The van der Waals surface area contributed by atoms with Crippen LogP contribution in [-0.4, -0.2) is 43.2 Å². The molecule has 104 valence electrons. The molecule has 0 saturated carbocycles. The number of carbonyl (C=O) groups excluding carboxylic acids is 1. The molecule has 1 saturated heterocycles. The Hall–Kier alpha value is -1.46. The number of rotatable bonds is 5. The minimum absolute atomic E-state index is 0.0542. The third-order valence-corrected chi connectivity index (χ3v) is 3.16. The van der Waals surface area contributed by atoms with Crippen LogP contribution in [0, 0.1) is 5.92 Å². The highest BCUT2D eigenvalue weighted by atomic mass is 16.5. The molecule has 1 aromatic rings. The van der Waals surface area contributed by atoms with Gasteiger partial charge in [0.05, 0.1) is 31.4 Å². The minimum Gasteiger partial charge on any atom is -0.489 e. The Morgan fingerprint density at radius 2 is 2.26 bits per heavy atom. The Morgan fingerprint density at radius 3 is 2.95 bits per heavy atom. The molecule has 5 heteroatoms. The van der Waals surface area contributed by atoms with Gasteiger partial charge in [-0.15, -0.1) is 0 Å². The van der Waals surface area contributed by atoms with Crippen LogP contribution in [0.15, 0.2) is 18.5 Å². The Morgan fingerprint density at radius 1 is 1.47 bits per heavy atom. The lowest BCUT2D eigenvalue weighted by Gasteiger charge is -2.16. The molecule has 0 bridgehead atoms. The number of hydrogen-bond donors (Lipinski definition) is 1. The van der Waals surface area contributed by atoms with Gasteiger partial charge in [0, 0.05) is 17.8 Å². The van der Waals surface area contributed by atoms with E-state index >= 15 is 0 Å². The summed E-state index contributed by atoms with van der Waals surface area (Å²) in [7, 11) is 1.84. The van der Waals surface area contributed by atoms with Crippen molar-refractivity contribution in [3.63, 3.8) is 0 Å². The maximum absolute atomic E-state index is 12.4. The van der Waals surface area contributed by atoms with Gasteiger partial charge in [-0.1, -0.05) is 0 Å². The van der Waals surface area contributed by atoms with Gasteiger partial charge in [0.25, 0.3) is 0 Å². The normalized spacial score (nSPS) is 22.7. The summed E-state index contributed by atoms with van der Waals surface area (Å²) < 4.78 is 10.9. The summed E-state index contributed by atoms with van der Waals surface area (Å²) in [4.78, 5) is 16.5. The van der Waals surface area contributed by atoms with E-state index in [-0.39, 0.29) is 23.8 Å². The molecule has 1 N–H and O–H groups in total. The third kappa shape index (κ3) is 3.30. The van der Waals surface area contributed by atoms with Gasteiger partial charge in [-0.05, 0) is 27.0 Å². The van der Waals surface area contributed by atoms with E-state index in [0.29, 0.717) is 24.5 Å². The van der Waals surface area contributed by atoms with Gasteiger partial charge in [-0.2, -0.15) is 0 Å². The van der Waals surface area contributed by atoms with Gasteiger partial charge in [0.15, 0.2) is 5.78 Å². The van der Waals surface area contributed by atoms with Crippen LogP contribution in [0.4, 0.5) is 0 Å². The van der Waals surface area contributed by atoms with Gasteiger partial charge in [0.1, 0.15) is 5.75 Å². The van der Waals surface area contributed by atoms with E-state index in [1.807, 2.05) is 20.9 Å². The molecule has 2 atom stereocenters. The molecule has 5 nitrogen and oxygen atoms in total. The van der Waals surface area contributed by atoms with Crippen LogP contribution >= 0.6 is 0 Å². The zero-order valence-electron chi connectivity index (χ0n) is 11.6. The maximum Gasteiger partial charge on any atom is 0.171 e. The molecule has 1 fully saturated rings. The number of aromatic nitrogens is 1. The Labute approximate surface area is 113 Å². The quantitative estimate of drug-likeness (QED) is 0.812. The van der Waals surface area contributed by atoms with Gasteiger partial charge in [-0.3, -0.25) is 9.78 Å². The molecule has 0 spiro atoms. The summed E-state index contributed by atoms with van der Waals surface area (Å²) in [6.07, 6.45) is 3.27. The minimum atomic E-state index is -0.152. The fraction of sp³-hybridized carbons (Fsp3) is 0.571. The first-order chi connectivity index (χ1) is 9.11. The number of nitrogens with one attached hydrogen (secondary N) is 1. The number of ketones is 1. The summed E-state index contributed by atoms with van der Waals surface area (Å²) >= 11 is 0. The van der Waals surface area contributed by atoms with Crippen molar-refractivity contribution in [2.75, 3.05) is 20.3 Å². The predicted octanol–water partition coefficient (Wildman–Crippen LogP) is 1.29. The Kier molecular flexibility index (Phi) is 4.50. The smallest absolute Gasteiger partial charge is 0.171 e. The highest BCUT2D eigenvalue weighted by Crippen LogP contribution is 2.21. The van der Waals surface area contributed by atoms with Crippen LogP contribution in [0.1, 0.15) is 24.2 Å². The van der Waals surface area contributed by atoms with Gasteiger partial charge < -0.3 is 14.8 Å². The van der Waals surface area contributed by atoms with Crippen molar-refractivity contribution < 1.29 is 14.3 Å². The van der Waals surface area contributed by atoms with E-state index in [0.717, 1.165) is 0 Å². The number of carbonyl (C=O) groups is 1. The zero-order valence-corrected chi connectivity index (χ0v) is 11.6. The number of pyridine rings is 1. The molecule has 19 heavy (non-hydrogen) atoms. The second-order valence-electron chi connectivity index (χ2n) is 4.98. The number of Topliss-reactive ketones (excluding diaryl/α,β-unsaturated/α-hetero) is 1. The van der Waals surface area contributed by atoms with Crippen LogP contribution in [0.3, 0.4) is 0 Å². The highest BCUT2D eigenvalue weighted by Gasteiger charge is 2.33. The number of hydrogen-bond acceptors (Lipinski definition) is 5. The molecule has 1 aliphatic rings. The van der Waals surface area contributed by atoms with Crippen LogP contribution in [-0.2, 0) is 4.74 Å². The lowest BCUT2D eigenvalue weighted by Crippen LogP contribution is -2.37. The topological polar surface area (TPSA) is 60.5 Å². The molecule has 2 rings (SSSR count). The van der Waals surface area contributed by atoms with Crippen molar-refractivity contribution >= 4 is 5.78 Å². The maximum atomic E-state index is 12.4. The summed E-state index contributed by atoms with van der Waals surface area (Å²) in [6, 6.07) is 1.82. The highest BCUT2D eigenvalue weighted by molar-refractivity contribution is 5.98. The molecule has 2 unspecified atom stereocenters. The van der Waals surface area contributed by atoms with Crippen LogP contribution in [0.2, 0.25) is 0 Å². The number of likely N-dealkylation sites (N-methyl/N-ethyl adjacent to an activating group) is 1. The second kappa shape index (κ2) is 6.12. The van der Waals surface area contributed by atoms with Crippen LogP contribution in [0.5, 0.6) is 5.75 Å². The van der Waals surface area contributed by atoms with E-state index in [1.54, 1.807) is 18.5 Å². The molecule has 0 amide bonds. The fourth-order valence-electron chi connectivity index (χ4n) is 2.20. The molecule has 0 aliphatic carbocycles. The second-order valence-corrected chi connectivity index (χ2v) is 4.98. The van der Waals surface area contributed by atoms with Crippen LogP contribution in [0.25, 0.3) is 0 Å². The Balaban J connectivity index is 2.14. The zero-order chi connectivity index (χ0) is 13.8. The molecule has 2 heterocycles. The van der Waals surface area contributed by atoms with E-state index in [2.05, 4.69) is 10.3 Å². The summed E-state index contributed by atoms with van der Waals surface area (Å²) in [5, 5.41) is 3.11. The third-order valence-electron chi connectivity index (χ3n) is 3.16. The molecule has 1 aromatic heterocycles. The Bertz CT molecular complexity index is 448. The monoisotopic (exact) mass is 264 g/mol. The largest absolute Gasteiger partial charge is 0.489 e. The van der Waals surface area contributed by atoms with E-state index < -0.39 is 0 Å². The summed E-state index contributed by atoms with van der Waals surface area (Å²) in [6.45, 7) is 4.91. The fourth-order valence-corrected chi connectivity index (χ4v) is 2.20. The van der Waals surface area contributed by atoms with Crippen molar-refractivity contribution in [2.45, 2.75) is 26.0 Å². The van der Waals surface area contributed by atoms with Crippen molar-refractivity contribution in [3.8, 4) is 5.75 Å². The molecular formula is C14H20N2O3. The molecule has 1 aliphatic heterocycles.